The highest BCUT2D eigenvalue weighted by Crippen LogP contribution is 2.15. The Hall–Kier alpha value is -1.71. The predicted octanol–water partition coefficient (Wildman–Crippen LogP) is -3.78. The topological polar surface area (TPSA) is 160 Å². The molecule has 0 fully saturated rings. The Kier molecular flexibility index (Phi) is 5.36. The monoisotopic (exact) mass is 233 g/mol. The first kappa shape index (κ1) is 14.3. The predicted molar refractivity (Wildman–Crippen MR) is 52.9 cm³/mol. The Morgan fingerprint density at radius 3 is 1.75 bits per heavy atom. The SMILES string of the molecule is CNC(=O)C(O)(CC(=O)NN)CC(=O)NN. The fraction of sp³-hybridized carbons (Fsp3) is 0.571. The van der Waals surface area contributed by atoms with Gasteiger partial charge in [0, 0.05) is 7.05 Å². The lowest BCUT2D eigenvalue weighted by Gasteiger charge is -2.24. The summed E-state index contributed by atoms with van der Waals surface area (Å²) in [5, 5.41) is 12.0. The van der Waals surface area contributed by atoms with Gasteiger partial charge in [0.15, 0.2) is 5.60 Å². The second-order valence-electron chi connectivity index (χ2n) is 3.10. The van der Waals surface area contributed by atoms with Crippen LogP contribution in [0.1, 0.15) is 12.8 Å². The molecule has 0 saturated carbocycles. The summed E-state index contributed by atoms with van der Waals surface area (Å²) in [4.78, 5) is 33.3. The van der Waals surface area contributed by atoms with Gasteiger partial charge in [-0.15, -0.1) is 0 Å². The van der Waals surface area contributed by atoms with Gasteiger partial charge in [-0.05, 0) is 0 Å². The first-order valence-corrected chi connectivity index (χ1v) is 4.33. The van der Waals surface area contributed by atoms with Gasteiger partial charge in [-0.2, -0.15) is 0 Å². The Balaban J connectivity index is 4.81. The van der Waals surface area contributed by atoms with E-state index < -0.39 is 36.2 Å². The van der Waals surface area contributed by atoms with Crippen molar-refractivity contribution in [2.75, 3.05) is 7.05 Å². The Bertz CT molecular complexity index is 275. The van der Waals surface area contributed by atoms with Crippen molar-refractivity contribution in [3.63, 3.8) is 0 Å². The fourth-order valence-electron chi connectivity index (χ4n) is 1.09. The Morgan fingerprint density at radius 2 is 1.50 bits per heavy atom. The van der Waals surface area contributed by atoms with E-state index in [2.05, 4.69) is 5.32 Å². The van der Waals surface area contributed by atoms with Crippen molar-refractivity contribution in [3.8, 4) is 0 Å². The number of nitrogens with two attached hydrogens (primary N) is 2. The minimum Gasteiger partial charge on any atom is -0.379 e. The third-order valence-electron chi connectivity index (χ3n) is 1.88. The molecule has 0 radical (unpaired) electrons. The standard InChI is InChI=1S/C7H15N5O4/c1-10-6(15)7(16,2-4(13)11-8)3-5(14)12-9/h16H,2-3,8-9H2,1H3,(H,10,15)(H,11,13)(H,12,14). The number of carbonyl (C=O) groups is 3. The number of nitrogens with one attached hydrogen (secondary N) is 3. The second-order valence-corrected chi connectivity index (χ2v) is 3.10. The number of carbonyl (C=O) groups excluding carboxylic acids is 3. The van der Waals surface area contributed by atoms with E-state index in [0.717, 1.165) is 0 Å². The lowest BCUT2D eigenvalue weighted by Crippen LogP contribution is -2.52. The average Bonchev–Trinajstić information content (AvgIpc) is 2.27. The first-order valence-electron chi connectivity index (χ1n) is 4.33. The molecular formula is C7H15N5O4. The molecule has 0 aliphatic heterocycles. The van der Waals surface area contributed by atoms with Gasteiger partial charge in [0.25, 0.3) is 5.91 Å². The normalized spacial score (nSPS) is 10.5. The van der Waals surface area contributed by atoms with E-state index in [4.69, 9.17) is 11.7 Å². The molecule has 16 heavy (non-hydrogen) atoms. The summed E-state index contributed by atoms with van der Waals surface area (Å²) in [6.45, 7) is 0. The Morgan fingerprint density at radius 1 is 1.12 bits per heavy atom. The van der Waals surface area contributed by atoms with E-state index in [1.54, 1.807) is 10.9 Å². The van der Waals surface area contributed by atoms with Crippen molar-refractivity contribution in [1.29, 1.82) is 0 Å². The summed E-state index contributed by atoms with van der Waals surface area (Å²) >= 11 is 0. The van der Waals surface area contributed by atoms with Crippen LogP contribution < -0.4 is 27.9 Å². The van der Waals surface area contributed by atoms with E-state index in [-0.39, 0.29) is 0 Å². The smallest absolute Gasteiger partial charge is 0.252 e. The van der Waals surface area contributed by atoms with E-state index in [1.807, 2.05) is 0 Å². The molecule has 0 aromatic carbocycles. The molecule has 9 nitrogen and oxygen atoms in total. The molecule has 0 aromatic heterocycles. The molecular weight excluding hydrogens is 218 g/mol. The van der Waals surface area contributed by atoms with Gasteiger partial charge in [0.05, 0.1) is 12.8 Å². The number of amides is 3. The number of rotatable bonds is 5. The van der Waals surface area contributed by atoms with Crippen molar-refractivity contribution in [3.05, 3.63) is 0 Å². The summed E-state index contributed by atoms with van der Waals surface area (Å²) in [5.41, 5.74) is 1.32. The molecule has 0 aliphatic carbocycles. The van der Waals surface area contributed by atoms with Gasteiger partial charge in [-0.25, -0.2) is 11.7 Å². The molecule has 0 spiro atoms. The van der Waals surface area contributed by atoms with Gasteiger partial charge in [-0.3, -0.25) is 25.2 Å². The van der Waals surface area contributed by atoms with Crippen LogP contribution in [-0.2, 0) is 14.4 Å². The van der Waals surface area contributed by atoms with Crippen LogP contribution in [0.5, 0.6) is 0 Å². The van der Waals surface area contributed by atoms with E-state index in [1.165, 1.54) is 7.05 Å². The lowest BCUT2D eigenvalue weighted by molar-refractivity contribution is -0.149. The highest BCUT2D eigenvalue weighted by molar-refractivity contribution is 5.94. The van der Waals surface area contributed by atoms with Crippen LogP contribution in [-0.4, -0.2) is 35.5 Å². The summed E-state index contributed by atoms with van der Waals surface area (Å²) in [6, 6.07) is 0. The molecule has 8 N–H and O–H groups in total. The molecule has 0 aromatic rings. The quantitative estimate of drug-likeness (QED) is 0.162. The van der Waals surface area contributed by atoms with Gasteiger partial charge < -0.3 is 10.4 Å². The molecule has 0 rings (SSSR count). The summed E-state index contributed by atoms with van der Waals surface area (Å²) < 4.78 is 0. The first-order chi connectivity index (χ1) is 7.39. The van der Waals surface area contributed by atoms with E-state index in [0.29, 0.717) is 0 Å². The molecule has 0 aliphatic rings. The maximum absolute atomic E-state index is 11.3. The third-order valence-corrected chi connectivity index (χ3v) is 1.88. The second kappa shape index (κ2) is 6.00. The zero-order chi connectivity index (χ0) is 12.8. The molecule has 0 atom stereocenters. The average molecular weight is 233 g/mol. The number of hydrogen-bond acceptors (Lipinski definition) is 6. The third kappa shape index (κ3) is 3.81. The zero-order valence-corrected chi connectivity index (χ0v) is 8.74. The van der Waals surface area contributed by atoms with Gasteiger partial charge >= 0.3 is 0 Å². The van der Waals surface area contributed by atoms with Crippen molar-refractivity contribution in [1.82, 2.24) is 16.2 Å². The van der Waals surface area contributed by atoms with E-state index >= 15 is 0 Å². The number of aliphatic hydroxyl groups is 1. The van der Waals surface area contributed by atoms with Gasteiger partial charge in [0.2, 0.25) is 11.8 Å². The van der Waals surface area contributed by atoms with Crippen molar-refractivity contribution >= 4 is 17.7 Å². The minimum absolute atomic E-state index is 0.642. The number of hydrogen-bond donors (Lipinski definition) is 6. The van der Waals surface area contributed by atoms with Crippen molar-refractivity contribution < 1.29 is 19.5 Å². The largest absolute Gasteiger partial charge is 0.379 e. The van der Waals surface area contributed by atoms with Crippen LogP contribution in [0, 0.1) is 0 Å². The number of hydrazine groups is 2. The zero-order valence-electron chi connectivity index (χ0n) is 8.74. The molecule has 0 saturated heterocycles. The van der Waals surface area contributed by atoms with Crippen molar-refractivity contribution in [2.45, 2.75) is 18.4 Å². The fourth-order valence-corrected chi connectivity index (χ4v) is 1.09. The minimum atomic E-state index is -2.18. The summed E-state index contributed by atoms with van der Waals surface area (Å²) in [7, 11) is 1.26. The highest BCUT2D eigenvalue weighted by atomic mass is 16.3. The molecule has 92 valence electrons. The van der Waals surface area contributed by atoms with Crippen LogP contribution >= 0.6 is 0 Å². The lowest BCUT2D eigenvalue weighted by atomic mass is 9.93. The molecule has 0 unspecified atom stereocenters. The maximum atomic E-state index is 11.3. The van der Waals surface area contributed by atoms with Crippen LogP contribution in [0.3, 0.4) is 0 Å². The van der Waals surface area contributed by atoms with Crippen LogP contribution in [0.15, 0.2) is 0 Å². The van der Waals surface area contributed by atoms with Crippen LogP contribution in [0.2, 0.25) is 0 Å². The van der Waals surface area contributed by atoms with Crippen LogP contribution in [0.4, 0.5) is 0 Å². The maximum Gasteiger partial charge on any atom is 0.252 e. The number of likely N-dealkylation sites (N-methyl/N-ethyl adjacent to an activating group) is 1. The molecule has 3 amide bonds. The summed E-state index contributed by atoms with van der Waals surface area (Å²) in [6.07, 6.45) is -1.28. The van der Waals surface area contributed by atoms with Crippen molar-refractivity contribution in [2.24, 2.45) is 11.7 Å². The van der Waals surface area contributed by atoms with Gasteiger partial charge in [0.1, 0.15) is 0 Å². The Labute approximate surface area is 91.5 Å². The molecule has 0 heterocycles. The summed E-state index contributed by atoms with van der Waals surface area (Å²) in [5.74, 6) is 7.19. The molecule has 0 bridgehead atoms. The van der Waals surface area contributed by atoms with E-state index in [9.17, 15) is 19.5 Å². The molecule has 9 heteroatoms. The highest BCUT2D eigenvalue weighted by Gasteiger charge is 2.39. The van der Waals surface area contributed by atoms with Gasteiger partial charge in [-0.1, -0.05) is 0 Å². The van der Waals surface area contributed by atoms with Crippen LogP contribution in [0.25, 0.3) is 0 Å².